The number of rotatable bonds is 1. The molecule has 0 spiro atoms. The Balaban J connectivity index is 2.51. The maximum absolute atomic E-state index is 8.88. The van der Waals surface area contributed by atoms with E-state index in [2.05, 4.69) is 6.58 Å². The van der Waals surface area contributed by atoms with Crippen molar-refractivity contribution < 1.29 is 14.6 Å². The predicted octanol–water partition coefficient (Wildman–Crippen LogP) is 1.21. The molecule has 1 heterocycles. The molecule has 3 nitrogen and oxygen atoms in total. The lowest BCUT2D eigenvalue weighted by Gasteiger charge is -2.16. The number of hydrogen-bond donors (Lipinski definition) is 1. The summed E-state index contributed by atoms with van der Waals surface area (Å²) in [6, 6.07) is 0. The van der Waals surface area contributed by atoms with E-state index in [4.69, 9.17) is 14.6 Å². The van der Waals surface area contributed by atoms with Gasteiger partial charge in [0.15, 0.2) is 5.79 Å². The van der Waals surface area contributed by atoms with E-state index in [1.54, 1.807) is 13.8 Å². The molecular weight excluding hydrogens is 132 g/mol. The second-order valence-electron chi connectivity index (χ2n) is 2.81. The molecule has 1 atom stereocenters. The van der Waals surface area contributed by atoms with Gasteiger partial charge in [0.2, 0.25) is 0 Å². The van der Waals surface area contributed by atoms with E-state index in [1.807, 2.05) is 0 Å². The van der Waals surface area contributed by atoms with Crippen LogP contribution >= 0.6 is 0 Å². The zero-order valence-electron chi connectivity index (χ0n) is 6.26. The van der Waals surface area contributed by atoms with Gasteiger partial charge in [-0.15, -0.1) is 0 Å². The van der Waals surface area contributed by atoms with Crippen molar-refractivity contribution in [3.63, 3.8) is 0 Å². The Labute approximate surface area is 60.3 Å². The summed E-state index contributed by atoms with van der Waals surface area (Å²) < 4.78 is 10.4. The smallest absolute Gasteiger partial charge is 0.164 e. The minimum Gasteiger partial charge on any atom is -0.510 e. The van der Waals surface area contributed by atoms with Crippen molar-refractivity contribution >= 4 is 0 Å². The highest BCUT2D eigenvalue weighted by molar-refractivity contribution is 4.93. The Kier molecular flexibility index (Phi) is 1.70. The van der Waals surface area contributed by atoms with Gasteiger partial charge in [0.25, 0.3) is 0 Å². The van der Waals surface area contributed by atoms with E-state index in [-0.39, 0.29) is 11.9 Å². The molecule has 0 aromatic carbocycles. The summed E-state index contributed by atoms with van der Waals surface area (Å²) in [5, 5.41) is 8.88. The Morgan fingerprint density at radius 2 is 2.30 bits per heavy atom. The Morgan fingerprint density at radius 1 is 1.70 bits per heavy atom. The minimum atomic E-state index is -0.573. The molecule has 0 aromatic heterocycles. The summed E-state index contributed by atoms with van der Waals surface area (Å²) >= 11 is 0. The van der Waals surface area contributed by atoms with E-state index in [1.165, 1.54) is 0 Å². The van der Waals surface area contributed by atoms with Crippen LogP contribution in [0.1, 0.15) is 13.8 Å². The molecule has 3 heteroatoms. The molecule has 0 amide bonds. The van der Waals surface area contributed by atoms with Crippen LogP contribution in [-0.4, -0.2) is 23.6 Å². The van der Waals surface area contributed by atoms with Crippen LogP contribution in [0.2, 0.25) is 0 Å². The molecule has 0 radical (unpaired) electrons. The van der Waals surface area contributed by atoms with Gasteiger partial charge < -0.3 is 14.6 Å². The van der Waals surface area contributed by atoms with Gasteiger partial charge in [-0.1, -0.05) is 6.58 Å². The second kappa shape index (κ2) is 2.25. The third kappa shape index (κ3) is 1.49. The predicted molar refractivity (Wildman–Crippen MR) is 36.7 cm³/mol. The standard InChI is InChI=1S/C7H12O3/c1-5(8)6-4-9-7(2,3)10-6/h6,8H,1,4H2,2-3H3/t6-/m1/s1. The molecule has 58 valence electrons. The van der Waals surface area contributed by atoms with Crippen LogP contribution in [0.4, 0.5) is 0 Å². The zero-order valence-corrected chi connectivity index (χ0v) is 6.26. The Morgan fingerprint density at radius 3 is 2.50 bits per heavy atom. The Hall–Kier alpha value is -0.540. The molecule has 0 bridgehead atoms. The monoisotopic (exact) mass is 144 g/mol. The molecule has 0 aromatic rings. The van der Waals surface area contributed by atoms with Gasteiger partial charge >= 0.3 is 0 Å². The van der Waals surface area contributed by atoms with Crippen LogP contribution in [0.15, 0.2) is 12.3 Å². The van der Waals surface area contributed by atoms with E-state index >= 15 is 0 Å². The van der Waals surface area contributed by atoms with Crippen molar-refractivity contribution in [1.82, 2.24) is 0 Å². The first-order valence-corrected chi connectivity index (χ1v) is 3.21. The van der Waals surface area contributed by atoms with Crippen LogP contribution in [-0.2, 0) is 9.47 Å². The first-order valence-electron chi connectivity index (χ1n) is 3.21. The van der Waals surface area contributed by atoms with Crippen molar-refractivity contribution in [2.45, 2.75) is 25.7 Å². The number of ether oxygens (including phenoxy) is 2. The van der Waals surface area contributed by atoms with Crippen LogP contribution in [0.3, 0.4) is 0 Å². The summed E-state index contributed by atoms with van der Waals surface area (Å²) in [7, 11) is 0. The summed E-state index contributed by atoms with van der Waals surface area (Å²) in [5.74, 6) is -0.540. The van der Waals surface area contributed by atoms with Crippen LogP contribution in [0, 0.1) is 0 Å². The van der Waals surface area contributed by atoms with Crippen molar-refractivity contribution in [1.29, 1.82) is 0 Å². The molecule has 1 saturated heterocycles. The van der Waals surface area contributed by atoms with Gasteiger partial charge in [-0.05, 0) is 13.8 Å². The molecule has 1 aliphatic heterocycles. The van der Waals surface area contributed by atoms with Crippen LogP contribution in [0.5, 0.6) is 0 Å². The summed E-state index contributed by atoms with van der Waals surface area (Å²) in [6.07, 6.45) is -0.352. The van der Waals surface area contributed by atoms with Gasteiger partial charge in [-0.25, -0.2) is 0 Å². The third-order valence-electron chi connectivity index (χ3n) is 1.38. The maximum atomic E-state index is 8.88. The largest absolute Gasteiger partial charge is 0.510 e. The highest BCUT2D eigenvalue weighted by Crippen LogP contribution is 2.24. The van der Waals surface area contributed by atoms with E-state index in [0.717, 1.165) is 0 Å². The lowest BCUT2D eigenvalue weighted by molar-refractivity contribution is -0.137. The zero-order chi connectivity index (χ0) is 7.78. The molecule has 10 heavy (non-hydrogen) atoms. The van der Waals surface area contributed by atoms with E-state index in [0.29, 0.717) is 6.61 Å². The lowest BCUT2D eigenvalue weighted by atomic mass is 10.3. The average molecular weight is 144 g/mol. The average Bonchev–Trinajstić information content (AvgIpc) is 2.10. The van der Waals surface area contributed by atoms with E-state index in [9.17, 15) is 0 Å². The SMILES string of the molecule is C=C(O)[C@H]1COC(C)(C)O1. The fourth-order valence-electron chi connectivity index (χ4n) is 0.851. The van der Waals surface area contributed by atoms with Crippen molar-refractivity contribution in [3.05, 3.63) is 12.3 Å². The van der Waals surface area contributed by atoms with E-state index < -0.39 is 5.79 Å². The molecule has 1 N–H and O–H groups in total. The van der Waals surface area contributed by atoms with Crippen LogP contribution in [0.25, 0.3) is 0 Å². The first kappa shape index (κ1) is 7.57. The molecular formula is C7H12O3. The fourth-order valence-corrected chi connectivity index (χ4v) is 0.851. The van der Waals surface area contributed by atoms with Crippen molar-refractivity contribution in [2.75, 3.05) is 6.61 Å². The van der Waals surface area contributed by atoms with Gasteiger partial charge in [0, 0.05) is 0 Å². The highest BCUT2D eigenvalue weighted by Gasteiger charge is 2.33. The topological polar surface area (TPSA) is 38.7 Å². The summed E-state index contributed by atoms with van der Waals surface area (Å²) in [4.78, 5) is 0. The van der Waals surface area contributed by atoms with Gasteiger partial charge in [0.1, 0.15) is 11.9 Å². The minimum absolute atomic E-state index is 0.0329. The van der Waals surface area contributed by atoms with Gasteiger partial charge in [-0.2, -0.15) is 0 Å². The van der Waals surface area contributed by atoms with Crippen molar-refractivity contribution in [3.8, 4) is 0 Å². The number of aliphatic hydroxyl groups is 1. The number of aliphatic hydroxyl groups excluding tert-OH is 1. The van der Waals surface area contributed by atoms with Crippen LogP contribution < -0.4 is 0 Å². The van der Waals surface area contributed by atoms with Crippen molar-refractivity contribution in [2.24, 2.45) is 0 Å². The molecule has 1 fully saturated rings. The molecule has 0 aliphatic carbocycles. The highest BCUT2D eigenvalue weighted by atomic mass is 16.7. The molecule has 0 unspecified atom stereocenters. The van der Waals surface area contributed by atoms with Gasteiger partial charge in [0.05, 0.1) is 6.61 Å². The molecule has 1 rings (SSSR count). The summed E-state index contributed by atoms with van der Waals surface area (Å²) in [5.41, 5.74) is 0. The normalized spacial score (nSPS) is 30.4. The summed E-state index contributed by atoms with van der Waals surface area (Å²) in [6.45, 7) is 7.35. The van der Waals surface area contributed by atoms with Gasteiger partial charge in [-0.3, -0.25) is 0 Å². The quantitative estimate of drug-likeness (QED) is 0.562. The third-order valence-corrected chi connectivity index (χ3v) is 1.38. The first-order chi connectivity index (χ1) is 4.51. The maximum Gasteiger partial charge on any atom is 0.164 e. The Bertz CT molecular complexity index is 151. The molecule has 1 aliphatic rings. The number of hydrogen-bond acceptors (Lipinski definition) is 3. The fraction of sp³-hybridized carbons (Fsp3) is 0.714. The molecule has 0 saturated carbocycles. The second-order valence-corrected chi connectivity index (χ2v) is 2.81. The lowest BCUT2D eigenvalue weighted by Crippen LogP contribution is -2.22.